The molecular weight excluding hydrogens is 707 g/mol. The summed E-state index contributed by atoms with van der Waals surface area (Å²) in [6.45, 7) is 0. The molecule has 0 aliphatic heterocycles. The number of fused-ring (bicyclic) bond motifs is 6. The molecule has 0 saturated carbocycles. The quantitative estimate of drug-likeness (QED) is 0.157. The lowest BCUT2D eigenvalue weighted by molar-refractivity contribution is 0.769. The highest BCUT2D eigenvalue weighted by Crippen LogP contribution is 2.57. The highest BCUT2D eigenvalue weighted by molar-refractivity contribution is 7.26. The van der Waals surface area contributed by atoms with E-state index in [1.54, 1.807) is 0 Å². The molecule has 1 nitrogen and oxygen atoms in total. The Kier molecular flexibility index (Phi) is 7.98. The zero-order valence-electron chi connectivity index (χ0n) is 31.2. The first-order chi connectivity index (χ1) is 28.3. The predicted octanol–water partition coefficient (Wildman–Crippen LogP) is 15.2. The first-order valence-electron chi connectivity index (χ1n) is 19.6. The molecule has 0 bridgehead atoms. The summed E-state index contributed by atoms with van der Waals surface area (Å²) in [5, 5.41) is 2.55. The van der Waals surface area contributed by atoms with Gasteiger partial charge in [-0.1, -0.05) is 176 Å². The van der Waals surface area contributed by atoms with Crippen LogP contribution in [-0.2, 0) is 5.41 Å². The molecule has 0 saturated heterocycles. The maximum atomic E-state index is 2.50. The molecule has 0 unspecified atom stereocenters. The standard InChI is InChI=1S/C55H37NS/c1-5-17-38(18-6-1)39-29-32-44(33-30-39)56(43-23-11-4-12-24-43)45-36-49(54-50(37-45)48-26-14-16-28-53(48)57-54)40-31-34-47-46-25-13-15-27-51(46)55(52(47)35-40,41-19-7-2-8-20-41)42-21-9-3-10-22-42/h1-37H. The molecule has 10 aromatic rings. The van der Waals surface area contributed by atoms with Gasteiger partial charge in [0.1, 0.15) is 0 Å². The summed E-state index contributed by atoms with van der Waals surface area (Å²) in [7, 11) is 0. The van der Waals surface area contributed by atoms with Crippen LogP contribution in [0.1, 0.15) is 22.3 Å². The van der Waals surface area contributed by atoms with Crippen LogP contribution in [0.15, 0.2) is 224 Å². The smallest absolute Gasteiger partial charge is 0.0713 e. The molecule has 11 rings (SSSR count). The van der Waals surface area contributed by atoms with Gasteiger partial charge in [-0.25, -0.2) is 0 Å². The minimum atomic E-state index is -0.474. The maximum absolute atomic E-state index is 2.50. The second-order valence-electron chi connectivity index (χ2n) is 14.8. The topological polar surface area (TPSA) is 3.24 Å². The summed E-state index contributed by atoms with van der Waals surface area (Å²) < 4.78 is 2.59. The molecule has 0 fully saturated rings. The van der Waals surface area contributed by atoms with Crippen molar-refractivity contribution in [1.29, 1.82) is 0 Å². The van der Waals surface area contributed by atoms with Crippen molar-refractivity contribution in [3.8, 4) is 33.4 Å². The lowest BCUT2D eigenvalue weighted by Crippen LogP contribution is -2.28. The molecule has 1 aliphatic carbocycles. The Hall–Kier alpha value is -7.00. The largest absolute Gasteiger partial charge is 0.310 e. The lowest BCUT2D eigenvalue weighted by atomic mass is 9.67. The number of para-hydroxylation sites is 1. The van der Waals surface area contributed by atoms with Gasteiger partial charge in [-0.15, -0.1) is 11.3 Å². The fraction of sp³-hybridized carbons (Fsp3) is 0.0182. The van der Waals surface area contributed by atoms with Crippen LogP contribution in [-0.4, -0.2) is 0 Å². The van der Waals surface area contributed by atoms with E-state index >= 15 is 0 Å². The molecule has 0 spiro atoms. The van der Waals surface area contributed by atoms with Gasteiger partial charge in [0.15, 0.2) is 0 Å². The summed E-state index contributed by atoms with van der Waals surface area (Å²) >= 11 is 1.89. The van der Waals surface area contributed by atoms with Crippen molar-refractivity contribution in [3.63, 3.8) is 0 Å². The molecule has 2 heteroatoms. The van der Waals surface area contributed by atoms with Gasteiger partial charge in [0.05, 0.1) is 5.41 Å². The highest BCUT2D eigenvalue weighted by Gasteiger charge is 2.46. The number of hydrogen-bond acceptors (Lipinski definition) is 2. The zero-order valence-corrected chi connectivity index (χ0v) is 32.0. The average molecular weight is 744 g/mol. The van der Waals surface area contributed by atoms with E-state index in [9.17, 15) is 0 Å². The third-order valence-electron chi connectivity index (χ3n) is 11.7. The van der Waals surface area contributed by atoms with E-state index in [-0.39, 0.29) is 0 Å². The molecule has 57 heavy (non-hydrogen) atoms. The van der Waals surface area contributed by atoms with Crippen molar-refractivity contribution in [3.05, 3.63) is 247 Å². The van der Waals surface area contributed by atoms with Gasteiger partial charge in [-0.05, 0) is 98.6 Å². The Morgan fingerprint density at radius 2 is 0.877 bits per heavy atom. The number of rotatable bonds is 7. The lowest BCUT2D eigenvalue weighted by Gasteiger charge is -2.34. The van der Waals surface area contributed by atoms with Crippen LogP contribution < -0.4 is 4.90 Å². The molecular formula is C55H37NS. The zero-order chi connectivity index (χ0) is 37.8. The van der Waals surface area contributed by atoms with Crippen molar-refractivity contribution in [2.45, 2.75) is 5.41 Å². The van der Waals surface area contributed by atoms with Gasteiger partial charge in [0, 0.05) is 42.8 Å². The SMILES string of the molecule is c1ccc(-c2ccc(N(c3ccccc3)c3cc(-c4ccc5c(c4)C(c4ccccc4)(c4ccccc4)c4ccccc4-5)c4sc5ccccc5c4c3)cc2)cc1. The van der Waals surface area contributed by atoms with Crippen LogP contribution in [0, 0.1) is 0 Å². The Morgan fingerprint density at radius 3 is 1.60 bits per heavy atom. The Morgan fingerprint density at radius 1 is 0.333 bits per heavy atom. The fourth-order valence-corrected chi connectivity index (χ4v) is 10.4. The normalized spacial score (nSPS) is 12.7. The fourth-order valence-electron chi connectivity index (χ4n) is 9.23. The van der Waals surface area contributed by atoms with Crippen LogP contribution in [0.25, 0.3) is 53.6 Å². The van der Waals surface area contributed by atoms with E-state index in [4.69, 9.17) is 0 Å². The van der Waals surface area contributed by atoms with Crippen molar-refractivity contribution < 1.29 is 0 Å². The van der Waals surface area contributed by atoms with Gasteiger partial charge in [-0.2, -0.15) is 0 Å². The molecule has 9 aromatic carbocycles. The predicted molar refractivity (Wildman–Crippen MR) is 242 cm³/mol. The minimum absolute atomic E-state index is 0.474. The average Bonchev–Trinajstić information content (AvgIpc) is 3.81. The van der Waals surface area contributed by atoms with Crippen molar-refractivity contribution >= 4 is 48.6 Å². The summed E-state index contributed by atoms with van der Waals surface area (Å²) in [4.78, 5) is 2.41. The van der Waals surface area contributed by atoms with Crippen LogP contribution in [0.3, 0.4) is 0 Å². The van der Waals surface area contributed by atoms with E-state index in [1.165, 1.54) is 75.8 Å². The Labute approximate surface area is 337 Å². The second-order valence-corrected chi connectivity index (χ2v) is 15.9. The number of nitrogens with zero attached hydrogens (tertiary/aromatic N) is 1. The second kappa shape index (κ2) is 13.6. The van der Waals surface area contributed by atoms with Crippen molar-refractivity contribution in [2.75, 3.05) is 4.90 Å². The number of thiophene rings is 1. The number of hydrogen-bond donors (Lipinski definition) is 0. The van der Waals surface area contributed by atoms with Crippen LogP contribution in [0.5, 0.6) is 0 Å². The highest BCUT2D eigenvalue weighted by atomic mass is 32.1. The minimum Gasteiger partial charge on any atom is -0.310 e. The first-order valence-corrected chi connectivity index (χ1v) is 20.4. The first kappa shape index (κ1) is 33.3. The number of benzene rings is 9. The van der Waals surface area contributed by atoms with E-state index in [1.807, 2.05) is 11.3 Å². The van der Waals surface area contributed by atoms with Gasteiger partial charge in [0.2, 0.25) is 0 Å². The maximum Gasteiger partial charge on any atom is 0.0713 e. The molecule has 0 N–H and O–H groups in total. The van der Waals surface area contributed by atoms with Gasteiger partial charge in [0.25, 0.3) is 0 Å². The molecule has 0 amide bonds. The Balaban J connectivity index is 1.17. The molecule has 1 aromatic heterocycles. The van der Waals surface area contributed by atoms with E-state index in [2.05, 4.69) is 229 Å². The number of anilines is 3. The van der Waals surface area contributed by atoms with Crippen LogP contribution in [0.4, 0.5) is 17.1 Å². The molecule has 268 valence electrons. The molecule has 1 aliphatic rings. The van der Waals surface area contributed by atoms with E-state index in [0.29, 0.717) is 0 Å². The third-order valence-corrected chi connectivity index (χ3v) is 13.0. The molecule has 0 radical (unpaired) electrons. The summed E-state index contributed by atoms with van der Waals surface area (Å²) in [5.74, 6) is 0. The Bertz CT molecular complexity index is 3000. The monoisotopic (exact) mass is 743 g/mol. The third kappa shape index (κ3) is 5.37. The van der Waals surface area contributed by atoms with E-state index < -0.39 is 5.41 Å². The van der Waals surface area contributed by atoms with Crippen LogP contribution in [0.2, 0.25) is 0 Å². The summed E-state index contributed by atoms with van der Waals surface area (Å²) in [6.07, 6.45) is 0. The van der Waals surface area contributed by atoms with E-state index in [0.717, 1.165) is 17.1 Å². The molecule has 0 atom stereocenters. The van der Waals surface area contributed by atoms with Gasteiger partial charge >= 0.3 is 0 Å². The molecule has 1 heterocycles. The van der Waals surface area contributed by atoms with Crippen LogP contribution >= 0.6 is 11.3 Å². The van der Waals surface area contributed by atoms with Crippen molar-refractivity contribution in [1.82, 2.24) is 0 Å². The van der Waals surface area contributed by atoms with Gasteiger partial charge < -0.3 is 4.90 Å². The summed E-state index contributed by atoms with van der Waals surface area (Å²) in [5.41, 5.74) is 15.5. The summed E-state index contributed by atoms with van der Waals surface area (Å²) in [6, 6.07) is 82.5. The van der Waals surface area contributed by atoms with Gasteiger partial charge in [-0.3, -0.25) is 0 Å². The van der Waals surface area contributed by atoms with Crippen molar-refractivity contribution in [2.24, 2.45) is 0 Å².